The predicted octanol–water partition coefficient (Wildman–Crippen LogP) is 3.67. The Bertz CT molecular complexity index is 596. The van der Waals surface area contributed by atoms with E-state index in [2.05, 4.69) is 0 Å². The zero-order valence-electron chi connectivity index (χ0n) is 17.2. The van der Waals surface area contributed by atoms with Crippen molar-refractivity contribution in [3.63, 3.8) is 0 Å². The number of likely N-dealkylation sites (tertiary alicyclic amines) is 1. The lowest BCUT2D eigenvalue weighted by Gasteiger charge is -2.32. The monoisotopic (exact) mass is 449 g/mol. The summed E-state index contributed by atoms with van der Waals surface area (Å²) < 4.78 is 6.22. The molecule has 0 spiro atoms. The number of thioether (sulfide) groups is 2. The Labute approximate surface area is 181 Å². The third-order valence-corrected chi connectivity index (χ3v) is 8.29. The number of nitrogens with zero attached hydrogens (tertiary/aromatic N) is 1. The highest BCUT2D eigenvalue weighted by molar-refractivity contribution is 8.47. The van der Waals surface area contributed by atoms with E-state index >= 15 is 0 Å². The van der Waals surface area contributed by atoms with Gasteiger partial charge in [-0.15, -0.1) is 23.5 Å². The number of aliphatic carboxylic acids is 1. The van der Waals surface area contributed by atoms with Gasteiger partial charge in [-0.25, -0.2) is 0 Å². The van der Waals surface area contributed by atoms with Crippen molar-refractivity contribution >= 4 is 57.1 Å². The van der Waals surface area contributed by atoms with Crippen molar-refractivity contribution in [2.45, 2.75) is 52.2 Å². The van der Waals surface area contributed by atoms with Crippen LogP contribution < -0.4 is 0 Å². The van der Waals surface area contributed by atoms with Gasteiger partial charge in [-0.05, 0) is 38.9 Å². The van der Waals surface area contributed by atoms with Gasteiger partial charge in [-0.1, -0.05) is 26.1 Å². The molecule has 0 aromatic heterocycles. The molecule has 160 valence electrons. The lowest BCUT2D eigenvalue weighted by molar-refractivity contribution is -0.154. The molecular weight excluding hydrogens is 418 g/mol. The number of carboxylic acids is 1. The largest absolute Gasteiger partial charge is 0.481 e. The summed E-state index contributed by atoms with van der Waals surface area (Å²) in [5.74, 6) is -1.85. The zero-order chi connectivity index (χ0) is 21.5. The van der Waals surface area contributed by atoms with Gasteiger partial charge in [0.25, 0.3) is 0 Å². The molecule has 1 aliphatic heterocycles. The van der Waals surface area contributed by atoms with Crippen LogP contribution in [0.25, 0.3) is 0 Å². The average molecular weight is 450 g/mol. The maximum Gasteiger partial charge on any atom is 0.310 e. The lowest BCUT2D eigenvalue weighted by Crippen LogP contribution is -2.37. The standard InChI is InChI=1S/C19H31NO5S3/c1-12(19(3,4)17(23)24)11-14(13(2)28-18(26)27-5)16(22)25-10-9-20-8-6-7-15(20)21/h12-14H,6-11H2,1-5H3,(H,23,24). The van der Waals surface area contributed by atoms with Crippen LogP contribution in [0.1, 0.15) is 47.0 Å². The molecule has 1 aliphatic rings. The molecule has 1 amide bonds. The van der Waals surface area contributed by atoms with E-state index in [4.69, 9.17) is 17.0 Å². The van der Waals surface area contributed by atoms with Crippen molar-refractivity contribution < 1.29 is 24.2 Å². The first-order valence-corrected chi connectivity index (χ1v) is 11.9. The number of carboxylic acid groups (broad SMARTS) is 1. The van der Waals surface area contributed by atoms with Crippen molar-refractivity contribution in [2.24, 2.45) is 17.3 Å². The van der Waals surface area contributed by atoms with Crippen LogP contribution in [-0.2, 0) is 19.1 Å². The fourth-order valence-corrected chi connectivity index (χ4v) is 4.94. The first-order valence-electron chi connectivity index (χ1n) is 9.43. The minimum atomic E-state index is -0.953. The van der Waals surface area contributed by atoms with E-state index in [0.717, 1.165) is 9.95 Å². The van der Waals surface area contributed by atoms with Crippen LogP contribution in [0.5, 0.6) is 0 Å². The Morgan fingerprint density at radius 1 is 1.36 bits per heavy atom. The Balaban J connectivity index is 2.77. The van der Waals surface area contributed by atoms with E-state index < -0.39 is 17.3 Å². The maximum atomic E-state index is 12.8. The smallest absolute Gasteiger partial charge is 0.310 e. The number of thiocarbonyl (C=S) groups is 1. The van der Waals surface area contributed by atoms with Crippen molar-refractivity contribution in [1.29, 1.82) is 0 Å². The predicted molar refractivity (Wildman–Crippen MR) is 119 cm³/mol. The zero-order valence-corrected chi connectivity index (χ0v) is 19.7. The minimum Gasteiger partial charge on any atom is -0.481 e. The van der Waals surface area contributed by atoms with Gasteiger partial charge < -0.3 is 14.7 Å². The second-order valence-electron chi connectivity index (χ2n) is 7.70. The van der Waals surface area contributed by atoms with Gasteiger partial charge in [0.05, 0.1) is 17.9 Å². The first kappa shape index (κ1) is 25.2. The van der Waals surface area contributed by atoms with E-state index in [1.807, 2.05) is 20.1 Å². The molecule has 9 heteroatoms. The SMILES string of the molecule is CSC(=S)SC(C)C(CC(C)C(C)(C)C(=O)O)C(=O)OCCN1CCCC1=O. The summed E-state index contributed by atoms with van der Waals surface area (Å²) in [5, 5.41) is 9.36. The van der Waals surface area contributed by atoms with Crippen molar-refractivity contribution in [2.75, 3.05) is 26.0 Å². The van der Waals surface area contributed by atoms with Gasteiger partial charge in [0.2, 0.25) is 5.91 Å². The van der Waals surface area contributed by atoms with Crippen LogP contribution in [0.2, 0.25) is 0 Å². The fourth-order valence-electron chi connectivity index (χ4n) is 2.95. The van der Waals surface area contributed by atoms with Gasteiger partial charge in [-0.3, -0.25) is 14.4 Å². The van der Waals surface area contributed by atoms with E-state index in [1.54, 1.807) is 18.7 Å². The lowest BCUT2D eigenvalue weighted by atomic mass is 9.75. The molecule has 3 unspecified atom stereocenters. The Morgan fingerprint density at radius 2 is 2.00 bits per heavy atom. The maximum absolute atomic E-state index is 12.8. The summed E-state index contributed by atoms with van der Waals surface area (Å²) in [6.45, 7) is 8.38. The number of carbonyl (C=O) groups excluding carboxylic acids is 2. The molecule has 0 saturated carbocycles. The Hall–Kier alpha value is -0.800. The number of hydrogen-bond acceptors (Lipinski definition) is 7. The second-order valence-corrected chi connectivity index (χ2v) is 11.1. The molecule has 0 radical (unpaired) electrons. The second kappa shape index (κ2) is 11.4. The molecule has 3 atom stereocenters. The van der Waals surface area contributed by atoms with Gasteiger partial charge in [0.15, 0.2) is 0 Å². The number of rotatable bonds is 10. The average Bonchev–Trinajstić information content (AvgIpc) is 3.03. The first-order chi connectivity index (χ1) is 13.0. The third-order valence-electron chi connectivity index (χ3n) is 5.49. The summed E-state index contributed by atoms with van der Waals surface area (Å²) in [5.41, 5.74) is -0.953. The molecule has 0 aromatic carbocycles. The molecule has 1 N–H and O–H groups in total. The molecule has 0 aromatic rings. The molecular formula is C19H31NO5S3. The van der Waals surface area contributed by atoms with Crippen LogP contribution in [-0.4, -0.2) is 62.6 Å². The highest BCUT2D eigenvalue weighted by Gasteiger charge is 2.39. The van der Waals surface area contributed by atoms with Gasteiger partial charge in [0, 0.05) is 18.2 Å². The third kappa shape index (κ3) is 7.22. The molecule has 0 bridgehead atoms. The molecule has 1 heterocycles. The summed E-state index contributed by atoms with van der Waals surface area (Å²) in [6, 6.07) is 0. The van der Waals surface area contributed by atoms with Gasteiger partial charge >= 0.3 is 11.9 Å². The van der Waals surface area contributed by atoms with E-state index in [-0.39, 0.29) is 29.7 Å². The van der Waals surface area contributed by atoms with Crippen LogP contribution in [0.4, 0.5) is 0 Å². The molecule has 0 aliphatic carbocycles. The molecule has 1 saturated heterocycles. The van der Waals surface area contributed by atoms with E-state index in [0.29, 0.717) is 25.9 Å². The number of hydrogen-bond donors (Lipinski definition) is 1. The van der Waals surface area contributed by atoms with Crippen molar-refractivity contribution in [1.82, 2.24) is 4.90 Å². The molecule has 6 nitrogen and oxygen atoms in total. The van der Waals surface area contributed by atoms with Crippen molar-refractivity contribution in [3.8, 4) is 0 Å². The molecule has 1 fully saturated rings. The van der Waals surface area contributed by atoms with Gasteiger partial charge in [-0.2, -0.15) is 0 Å². The van der Waals surface area contributed by atoms with Crippen LogP contribution in [0, 0.1) is 17.3 Å². The number of ether oxygens (including phenoxy) is 1. The topological polar surface area (TPSA) is 83.9 Å². The quantitative estimate of drug-likeness (QED) is 0.399. The highest BCUT2D eigenvalue weighted by Crippen LogP contribution is 2.36. The van der Waals surface area contributed by atoms with Crippen LogP contribution in [0.15, 0.2) is 0 Å². The number of carbonyl (C=O) groups is 3. The number of amides is 1. The summed E-state index contributed by atoms with van der Waals surface area (Å²) in [7, 11) is 0. The minimum absolute atomic E-state index is 0.0960. The highest BCUT2D eigenvalue weighted by atomic mass is 32.2. The fraction of sp³-hybridized carbons (Fsp3) is 0.789. The molecule has 28 heavy (non-hydrogen) atoms. The summed E-state index contributed by atoms with van der Waals surface area (Å²) in [4.78, 5) is 37.8. The number of esters is 1. The normalized spacial score (nSPS) is 17.9. The van der Waals surface area contributed by atoms with Crippen LogP contribution >= 0.6 is 35.7 Å². The van der Waals surface area contributed by atoms with Crippen LogP contribution in [0.3, 0.4) is 0 Å². The summed E-state index contributed by atoms with van der Waals surface area (Å²) in [6.07, 6.45) is 3.68. The molecule has 1 rings (SSSR count). The Morgan fingerprint density at radius 3 is 2.50 bits per heavy atom. The summed E-state index contributed by atoms with van der Waals surface area (Å²) >= 11 is 8.16. The Kier molecular flexibility index (Phi) is 10.3. The van der Waals surface area contributed by atoms with Gasteiger partial charge in [0.1, 0.15) is 10.1 Å². The van der Waals surface area contributed by atoms with E-state index in [1.165, 1.54) is 23.5 Å². The van der Waals surface area contributed by atoms with Crippen molar-refractivity contribution in [3.05, 3.63) is 0 Å². The van der Waals surface area contributed by atoms with E-state index in [9.17, 15) is 19.5 Å².